The SMILES string of the molecule is CC1CCCN(c2cnn(CCNC3CC3)c(=O)c2)C1. The molecule has 0 aromatic carbocycles. The smallest absolute Gasteiger partial charge is 0.268 e. The Morgan fingerprint density at radius 1 is 1.40 bits per heavy atom. The monoisotopic (exact) mass is 276 g/mol. The lowest BCUT2D eigenvalue weighted by molar-refractivity contribution is 0.445. The van der Waals surface area contributed by atoms with E-state index in [0.717, 1.165) is 25.3 Å². The molecule has 5 nitrogen and oxygen atoms in total. The molecule has 0 radical (unpaired) electrons. The van der Waals surface area contributed by atoms with Crippen LogP contribution >= 0.6 is 0 Å². The topological polar surface area (TPSA) is 50.2 Å². The predicted molar refractivity (Wildman–Crippen MR) is 80.1 cm³/mol. The molecule has 1 aromatic rings. The molecule has 1 unspecified atom stereocenters. The van der Waals surface area contributed by atoms with Crippen molar-refractivity contribution in [3.63, 3.8) is 0 Å². The third-order valence-electron chi connectivity index (χ3n) is 4.21. The van der Waals surface area contributed by atoms with Crippen LogP contribution in [0.2, 0.25) is 0 Å². The van der Waals surface area contributed by atoms with Crippen molar-refractivity contribution in [2.45, 2.75) is 45.2 Å². The largest absolute Gasteiger partial charge is 0.370 e. The lowest BCUT2D eigenvalue weighted by Crippen LogP contribution is -2.36. The van der Waals surface area contributed by atoms with Crippen LogP contribution in [0.3, 0.4) is 0 Å². The molecule has 20 heavy (non-hydrogen) atoms. The van der Waals surface area contributed by atoms with Gasteiger partial charge in [-0.15, -0.1) is 0 Å². The maximum atomic E-state index is 12.1. The Labute approximate surface area is 120 Å². The third kappa shape index (κ3) is 3.39. The second kappa shape index (κ2) is 5.95. The van der Waals surface area contributed by atoms with Crippen molar-refractivity contribution >= 4 is 5.69 Å². The molecule has 0 amide bonds. The number of hydrogen-bond acceptors (Lipinski definition) is 4. The zero-order chi connectivity index (χ0) is 13.9. The molecule has 3 rings (SSSR count). The van der Waals surface area contributed by atoms with Gasteiger partial charge < -0.3 is 10.2 Å². The van der Waals surface area contributed by atoms with E-state index < -0.39 is 0 Å². The van der Waals surface area contributed by atoms with E-state index in [0.29, 0.717) is 18.5 Å². The molecule has 0 spiro atoms. The highest BCUT2D eigenvalue weighted by molar-refractivity contribution is 5.43. The van der Waals surface area contributed by atoms with Gasteiger partial charge in [-0.05, 0) is 31.6 Å². The van der Waals surface area contributed by atoms with E-state index in [1.807, 2.05) is 6.20 Å². The minimum Gasteiger partial charge on any atom is -0.370 e. The molecule has 2 aliphatic rings. The Kier molecular flexibility index (Phi) is 4.05. The first-order chi connectivity index (χ1) is 9.72. The molecule has 110 valence electrons. The average Bonchev–Trinajstić information content (AvgIpc) is 3.25. The van der Waals surface area contributed by atoms with Crippen molar-refractivity contribution in [2.75, 3.05) is 24.5 Å². The molecule has 1 saturated carbocycles. The van der Waals surface area contributed by atoms with Crippen LogP contribution in [-0.4, -0.2) is 35.5 Å². The molecule has 1 N–H and O–H groups in total. The molecular formula is C15H24N4O. The summed E-state index contributed by atoms with van der Waals surface area (Å²) in [7, 11) is 0. The summed E-state index contributed by atoms with van der Waals surface area (Å²) in [6, 6.07) is 2.42. The number of nitrogens with one attached hydrogen (secondary N) is 1. The van der Waals surface area contributed by atoms with Gasteiger partial charge >= 0.3 is 0 Å². The van der Waals surface area contributed by atoms with Gasteiger partial charge in [0, 0.05) is 31.7 Å². The molecule has 5 heteroatoms. The predicted octanol–water partition coefficient (Wildman–Crippen LogP) is 1.23. The van der Waals surface area contributed by atoms with Crippen LogP contribution in [0.4, 0.5) is 5.69 Å². The lowest BCUT2D eigenvalue weighted by atomic mass is 10.00. The summed E-state index contributed by atoms with van der Waals surface area (Å²) in [5, 5.41) is 7.72. The van der Waals surface area contributed by atoms with Gasteiger partial charge in [0.15, 0.2) is 0 Å². The van der Waals surface area contributed by atoms with Crippen molar-refractivity contribution < 1.29 is 0 Å². The lowest BCUT2D eigenvalue weighted by Gasteiger charge is -2.32. The summed E-state index contributed by atoms with van der Waals surface area (Å²) in [6.45, 7) is 5.83. The van der Waals surface area contributed by atoms with Crippen molar-refractivity contribution in [3.8, 4) is 0 Å². The summed E-state index contributed by atoms with van der Waals surface area (Å²) in [5.41, 5.74) is 0.992. The van der Waals surface area contributed by atoms with Crippen LogP contribution < -0.4 is 15.8 Å². The fourth-order valence-corrected chi connectivity index (χ4v) is 2.85. The fraction of sp³-hybridized carbons (Fsp3) is 0.733. The molecule has 1 aliphatic carbocycles. The molecular weight excluding hydrogens is 252 g/mol. The van der Waals surface area contributed by atoms with E-state index >= 15 is 0 Å². The molecule has 2 heterocycles. The molecule has 1 aliphatic heterocycles. The van der Waals surface area contributed by atoms with E-state index in [2.05, 4.69) is 22.2 Å². The van der Waals surface area contributed by atoms with E-state index in [-0.39, 0.29) is 5.56 Å². The summed E-state index contributed by atoms with van der Waals surface area (Å²) in [6.07, 6.45) is 6.88. The Morgan fingerprint density at radius 2 is 2.25 bits per heavy atom. The van der Waals surface area contributed by atoms with Gasteiger partial charge in [0.25, 0.3) is 5.56 Å². The van der Waals surface area contributed by atoms with Gasteiger partial charge in [-0.2, -0.15) is 5.10 Å². The number of aromatic nitrogens is 2. The van der Waals surface area contributed by atoms with Crippen molar-refractivity contribution in [1.82, 2.24) is 15.1 Å². The standard InChI is InChI=1S/C15H24N4O/c1-12-3-2-7-18(11-12)14-9-15(20)19(17-10-14)8-6-16-13-4-5-13/h9-10,12-13,16H,2-8,11H2,1H3. The summed E-state index contributed by atoms with van der Waals surface area (Å²) in [4.78, 5) is 14.4. The number of nitrogens with zero attached hydrogens (tertiary/aromatic N) is 3. The Bertz CT molecular complexity index is 509. The van der Waals surface area contributed by atoms with Crippen molar-refractivity contribution in [3.05, 3.63) is 22.6 Å². The molecule has 2 fully saturated rings. The van der Waals surface area contributed by atoms with Crippen LogP contribution in [0.15, 0.2) is 17.1 Å². The molecule has 1 atom stereocenters. The van der Waals surface area contributed by atoms with E-state index in [1.54, 1.807) is 10.7 Å². The van der Waals surface area contributed by atoms with Crippen molar-refractivity contribution in [2.24, 2.45) is 5.92 Å². The van der Waals surface area contributed by atoms with Gasteiger partial charge in [-0.3, -0.25) is 4.79 Å². The van der Waals surface area contributed by atoms with Crippen LogP contribution in [0.1, 0.15) is 32.6 Å². The number of anilines is 1. The Hall–Kier alpha value is -1.36. The summed E-state index contributed by atoms with van der Waals surface area (Å²) < 4.78 is 1.56. The van der Waals surface area contributed by atoms with Crippen LogP contribution in [0.5, 0.6) is 0 Å². The van der Waals surface area contributed by atoms with E-state index in [9.17, 15) is 4.79 Å². The minimum absolute atomic E-state index is 0.0123. The molecule has 0 bridgehead atoms. The zero-order valence-corrected chi connectivity index (χ0v) is 12.2. The van der Waals surface area contributed by atoms with Crippen LogP contribution in [0.25, 0.3) is 0 Å². The minimum atomic E-state index is 0.0123. The highest BCUT2D eigenvalue weighted by Gasteiger charge is 2.20. The Morgan fingerprint density at radius 3 is 2.95 bits per heavy atom. The maximum Gasteiger partial charge on any atom is 0.268 e. The third-order valence-corrected chi connectivity index (χ3v) is 4.21. The van der Waals surface area contributed by atoms with E-state index in [4.69, 9.17) is 0 Å². The summed E-state index contributed by atoms with van der Waals surface area (Å²) in [5.74, 6) is 0.703. The number of hydrogen-bond donors (Lipinski definition) is 1. The first kappa shape index (κ1) is 13.6. The zero-order valence-electron chi connectivity index (χ0n) is 12.2. The van der Waals surface area contributed by atoms with Crippen LogP contribution in [0, 0.1) is 5.92 Å². The molecule has 1 aromatic heterocycles. The fourth-order valence-electron chi connectivity index (χ4n) is 2.85. The second-order valence-corrected chi connectivity index (χ2v) is 6.20. The summed E-state index contributed by atoms with van der Waals surface area (Å²) >= 11 is 0. The number of piperidine rings is 1. The highest BCUT2D eigenvalue weighted by Crippen LogP contribution is 2.21. The van der Waals surface area contributed by atoms with Gasteiger partial charge in [-0.1, -0.05) is 6.92 Å². The van der Waals surface area contributed by atoms with Gasteiger partial charge in [-0.25, -0.2) is 4.68 Å². The maximum absolute atomic E-state index is 12.1. The average molecular weight is 276 g/mol. The first-order valence-corrected chi connectivity index (χ1v) is 7.78. The van der Waals surface area contributed by atoms with E-state index in [1.165, 1.54) is 25.7 Å². The van der Waals surface area contributed by atoms with Gasteiger partial charge in [0.2, 0.25) is 0 Å². The molecule has 1 saturated heterocycles. The van der Waals surface area contributed by atoms with Crippen LogP contribution in [-0.2, 0) is 6.54 Å². The number of rotatable bonds is 5. The van der Waals surface area contributed by atoms with Gasteiger partial charge in [0.1, 0.15) is 0 Å². The quantitative estimate of drug-likeness (QED) is 0.879. The highest BCUT2D eigenvalue weighted by atomic mass is 16.1. The van der Waals surface area contributed by atoms with Gasteiger partial charge in [0.05, 0.1) is 18.4 Å². The first-order valence-electron chi connectivity index (χ1n) is 7.78. The second-order valence-electron chi connectivity index (χ2n) is 6.20. The Balaban J connectivity index is 1.61. The van der Waals surface area contributed by atoms with Crippen molar-refractivity contribution in [1.29, 1.82) is 0 Å². The normalized spacial score (nSPS) is 23.1.